The number of likely N-dealkylation sites (tertiary alicyclic amines) is 1. The highest BCUT2D eigenvalue weighted by Crippen LogP contribution is 2.32. The molecule has 2 aliphatic rings. The highest BCUT2D eigenvalue weighted by molar-refractivity contribution is 5.89. The molecule has 2 saturated heterocycles. The third-order valence-corrected chi connectivity index (χ3v) is 9.03. The molecule has 0 radical (unpaired) electrons. The maximum absolute atomic E-state index is 15.2. The number of fused-ring (bicyclic) bond motifs is 1. The molecule has 2 atom stereocenters. The van der Waals surface area contributed by atoms with Crippen molar-refractivity contribution < 1.29 is 27.8 Å². The van der Waals surface area contributed by atoms with E-state index in [9.17, 15) is 23.5 Å². The fraction of sp³-hybridized carbons (Fsp3) is 0.455. The largest absolute Gasteiger partial charge is 0.388 e. The number of aromatic nitrogens is 4. The van der Waals surface area contributed by atoms with Crippen LogP contribution in [0.25, 0.3) is 22.3 Å². The topological polar surface area (TPSA) is 106 Å². The number of alkyl halides is 3. The lowest BCUT2D eigenvalue weighted by atomic mass is 9.89. The average Bonchev–Trinajstić information content (AvgIpc) is 3.40. The van der Waals surface area contributed by atoms with Crippen molar-refractivity contribution in [2.45, 2.75) is 50.0 Å². The lowest BCUT2D eigenvalue weighted by molar-refractivity contribution is -0.143. The molecule has 46 heavy (non-hydrogen) atoms. The first-order chi connectivity index (χ1) is 22.1. The van der Waals surface area contributed by atoms with E-state index >= 15 is 4.39 Å². The van der Waals surface area contributed by atoms with Gasteiger partial charge in [0.1, 0.15) is 5.52 Å². The summed E-state index contributed by atoms with van der Waals surface area (Å²) in [6.45, 7) is 3.88. The summed E-state index contributed by atoms with van der Waals surface area (Å²) >= 11 is 0. The molecule has 244 valence electrons. The standard InChI is InChI=1S/C33H37F3N6O4/c1-39-29(24-9-7-22(8-10-24)19-40-15-17-46-18-16-40)27-28(38-39)32(44)42(21-37-27)20-33(45)11-13-41(14-12-33)31(43)26(34)25(30(35)36)23-5-3-2-4-6-23/h2-10,21,25-26,30,45H,11-20H2,1H3. The Morgan fingerprint density at radius 1 is 0.978 bits per heavy atom. The monoisotopic (exact) mass is 638 g/mol. The van der Waals surface area contributed by atoms with Gasteiger partial charge in [-0.2, -0.15) is 5.10 Å². The summed E-state index contributed by atoms with van der Waals surface area (Å²) < 4.78 is 51.1. The molecule has 6 rings (SSSR count). The van der Waals surface area contributed by atoms with Gasteiger partial charge < -0.3 is 14.7 Å². The molecule has 0 saturated carbocycles. The highest BCUT2D eigenvalue weighted by Gasteiger charge is 2.42. The number of rotatable bonds is 9. The number of halogens is 3. The maximum Gasteiger partial charge on any atom is 0.281 e. The number of piperidine rings is 1. The van der Waals surface area contributed by atoms with Gasteiger partial charge in [0, 0.05) is 45.3 Å². The molecule has 2 aromatic carbocycles. The summed E-state index contributed by atoms with van der Waals surface area (Å²) in [5.41, 5.74) is 1.56. The molecule has 0 spiro atoms. The van der Waals surface area contributed by atoms with Crippen molar-refractivity contribution in [3.05, 3.63) is 82.4 Å². The fourth-order valence-corrected chi connectivity index (χ4v) is 6.38. The minimum atomic E-state index is -3.07. The normalized spacial score (nSPS) is 18.6. The summed E-state index contributed by atoms with van der Waals surface area (Å²) in [6, 6.07) is 15.5. The fourth-order valence-electron chi connectivity index (χ4n) is 6.38. The lowest BCUT2D eigenvalue weighted by Gasteiger charge is -2.39. The van der Waals surface area contributed by atoms with Gasteiger partial charge in [-0.05, 0) is 24.0 Å². The minimum Gasteiger partial charge on any atom is -0.388 e. The van der Waals surface area contributed by atoms with E-state index in [1.54, 1.807) is 17.8 Å². The zero-order chi connectivity index (χ0) is 32.4. The van der Waals surface area contributed by atoms with Crippen LogP contribution < -0.4 is 5.56 Å². The number of amides is 1. The van der Waals surface area contributed by atoms with Crippen LogP contribution in [0.3, 0.4) is 0 Å². The van der Waals surface area contributed by atoms with Crippen molar-refractivity contribution in [2.75, 3.05) is 39.4 Å². The predicted octanol–water partition coefficient (Wildman–Crippen LogP) is 3.37. The van der Waals surface area contributed by atoms with Crippen LogP contribution in [0, 0.1) is 0 Å². The Morgan fingerprint density at radius 2 is 1.65 bits per heavy atom. The summed E-state index contributed by atoms with van der Waals surface area (Å²) in [5, 5.41) is 15.8. The molecule has 4 heterocycles. The molecule has 0 bridgehead atoms. The molecule has 1 N–H and O–H groups in total. The molecule has 2 fully saturated rings. The van der Waals surface area contributed by atoms with E-state index in [0.717, 1.165) is 38.4 Å². The molecular weight excluding hydrogens is 601 g/mol. The lowest BCUT2D eigenvalue weighted by Crippen LogP contribution is -2.52. The number of aryl methyl sites for hydroxylation is 1. The van der Waals surface area contributed by atoms with Crippen molar-refractivity contribution in [3.63, 3.8) is 0 Å². The number of morpholine rings is 1. The Labute approximate surface area is 264 Å². The minimum absolute atomic E-state index is 0.0326. The zero-order valence-corrected chi connectivity index (χ0v) is 25.6. The van der Waals surface area contributed by atoms with Crippen LogP contribution >= 0.6 is 0 Å². The van der Waals surface area contributed by atoms with E-state index in [0.29, 0.717) is 11.2 Å². The van der Waals surface area contributed by atoms with Gasteiger partial charge in [-0.1, -0.05) is 54.6 Å². The molecule has 4 aromatic rings. The predicted molar refractivity (Wildman–Crippen MR) is 165 cm³/mol. The Balaban J connectivity index is 1.13. The smallest absolute Gasteiger partial charge is 0.281 e. The van der Waals surface area contributed by atoms with Crippen molar-refractivity contribution in [1.29, 1.82) is 0 Å². The van der Waals surface area contributed by atoms with Crippen LogP contribution in [0.5, 0.6) is 0 Å². The SMILES string of the molecule is Cn1nc2c(=O)n(CC3(O)CCN(C(=O)C(F)C(c4ccccc4)C(F)F)CC3)cnc2c1-c1ccc(CN2CCOCC2)cc1. The van der Waals surface area contributed by atoms with E-state index in [1.807, 2.05) is 12.1 Å². The molecule has 2 aromatic heterocycles. The number of hydrogen-bond acceptors (Lipinski definition) is 7. The summed E-state index contributed by atoms with van der Waals surface area (Å²) in [4.78, 5) is 34.4. The molecule has 13 heteroatoms. The second kappa shape index (κ2) is 13.3. The van der Waals surface area contributed by atoms with Gasteiger partial charge in [0.25, 0.3) is 11.5 Å². The first kappa shape index (κ1) is 31.9. The third-order valence-electron chi connectivity index (χ3n) is 9.03. The van der Waals surface area contributed by atoms with Crippen LogP contribution in [0.2, 0.25) is 0 Å². The second-order valence-electron chi connectivity index (χ2n) is 12.2. The maximum atomic E-state index is 15.2. The quantitative estimate of drug-likeness (QED) is 0.300. The van der Waals surface area contributed by atoms with Gasteiger partial charge in [0.2, 0.25) is 6.43 Å². The summed E-state index contributed by atoms with van der Waals surface area (Å²) in [7, 11) is 1.75. The zero-order valence-electron chi connectivity index (χ0n) is 25.6. The van der Waals surface area contributed by atoms with Crippen LogP contribution in [-0.4, -0.2) is 97.7 Å². The van der Waals surface area contributed by atoms with Crippen molar-refractivity contribution in [2.24, 2.45) is 7.05 Å². The van der Waals surface area contributed by atoms with E-state index < -0.39 is 35.6 Å². The number of nitrogens with zero attached hydrogens (tertiary/aromatic N) is 6. The van der Waals surface area contributed by atoms with E-state index in [2.05, 4.69) is 27.1 Å². The van der Waals surface area contributed by atoms with Crippen LogP contribution in [0.1, 0.15) is 29.9 Å². The van der Waals surface area contributed by atoms with Crippen molar-refractivity contribution in [1.82, 2.24) is 29.1 Å². The van der Waals surface area contributed by atoms with Crippen molar-refractivity contribution in [3.8, 4) is 11.3 Å². The van der Waals surface area contributed by atoms with E-state index in [1.165, 1.54) is 45.6 Å². The third kappa shape index (κ3) is 6.58. The number of carbonyl (C=O) groups is 1. The number of hydrogen-bond donors (Lipinski definition) is 1. The second-order valence-corrected chi connectivity index (χ2v) is 12.2. The Morgan fingerprint density at radius 3 is 2.30 bits per heavy atom. The van der Waals surface area contributed by atoms with Crippen LogP contribution in [0.15, 0.2) is 65.7 Å². The van der Waals surface area contributed by atoms with Gasteiger partial charge in [-0.15, -0.1) is 0 Å². The highest BCUT2D eigenvalue weighted by atomic mass is 19.3. The Kier molecular flexibility index (Phi) is 9.25. The summed E-state index contributed by atoms with van der Waals surface area (Å²) in [6.07, 6.45) is -4.05. The number of benzene rings is 2. The van der Waals surface area contributed by atoms with Crippen LogP contribution in [-0.2, 0) is 29.7 Å². The van der Waals surface area contributed by atoms with Crippen molar-refractivity contribution >= 4 is 16.9 Å². The van der Waals surface area contributed by atoms with E-state index in [-0.39, 0.29) is 43.6 Å². The van der Waals surface area contributed by atoms with Gasteiger partial charge in [-0.25, -0.2) is 18.2 Å². The summed E-state index contributed by atoms with van der Waals surface area (Å²) in [5.74, 6) is -2.92. The first-order valence-corrected chi connectivity index (χ1v) is 15.4. The van der Waals surface area contributed by atoms with Gasteiger partial charge in [0.05, 0.1) is 43.3 Å². The molecule has 1 amide bonds. The Hall–Kier alpha value is -4.07. The first-order valence-electron chi connectivity index (χ1n) is 15.4. The van der Waals surface area contributed by atoms with Gasteiger partial charge in [0.15, 0.2) is 11.7 Å². The molecular formula is C33H37F3N6O4. The number of aliphatic hydroxyl groups is 1. The van der Waals surface area contributed by atoms with Gasteiger partial charge >= 0.3 is 0 Å². The van der Waals surface area contributed by atoms with E-state index in [4.69, 9.17) is 4.74 Å². The average molecular weight is 639 g/mol. The molecule has 2 unspecified atom stereocenters. The number of ether oxygens (including phenoxy) is 1. The Bertz CT molecular complexity index is 1720. The van der Waals surface area contributed by atoms with Crippen LogP contribution in [0.4, 0.5) is 13.2 Å². The molecule has 2 aliphatic heterocycles. The number of carbonyl (C=O) groups excluding carboxylic acids is 1. The van der Waals surface area contributed by atoms with Gasteiger partial charge in [-0.3, -0.25) is 23.7 Å². The molecule has 10 nitrogen and oxygen atoms in total. The molecule has 0 aliphatic carbocycles.